The molecule has 0 bridgehead atoms. The van der Waals surface area contributed by atoms with Crippen molar-refractivity contribution in [3.05, 3.63) is 35.9 Å². The van der Waals surface area contributed by atoms with E-state index in [2.05, 4.69) is 51.4 Å². The van der Waals surface area contributed by atoms with Gasteiger partial charge in [-0.05, 0) is 12.8 Å². The third-order valence-corrected chi connectivity index (χ3v) is 5.07. The van der Waals surface area contributed by atoms with Gasteiger partial charge in [-0.15, -0.1) is 12.4 Å². The number of hydrogen-bond acceptors (Lipinski definition) is 0. The first-order chi connectivity index (χ1) is 11.6. The summed E-state index contributed by atoms with van der Waals surface area (Å²) in [6.07, 6.45) is 17.2. The van der Waals surface area contributed by atoms with Crippen molar-refractivity contribution in [3.63, 3.8) is 0 Å². The Bertz CT molecular complexity index is 388. The van der Waals surface area contributed by atoms with Crippen LogP contribution in [0.4, 0.5) is 0 Å². The SMILES string of the molecule is CCCCCCCCCCCCCC[N+](C)(C)Cc1ccccc1.Cl. The second kappa shape index (κ2) is 15.7. The smallest absolute Gasteiger partial charge is 0.104 e. The van der Waals surface area contributed by atoms with Crippen LogP contribution in [0.1, 0.15) is 89.5 Å². The molecule has 0 fully saturated rings. The molecule has 0 unspecified atom stereocenters. The maximum Gasteiger partial charge on any atom is 0.104 e. The van der Waals surface area contributed by atoms with Crippen LogP contribution in [0, 0.1) is 0 Å². The average Bonchev–Trinajstić information content (AvgIpc) is 2.56. The van der Waals surface area contributed by atoms with Crippen LogP contribution in [0.25, 0.3) is 0 Å². The highest BCUT2D eigenvalue weighted by molar-refractivity contribution is 5.85. The van der Waals surface area contributed by atoms with Crippen molar-refractivity contribution in [1.29, 1.82) is 0 Å². The summed E-state index contributed by atoms with van der Waals surface area (Å²) >= 11 is 0. The molecule has 0 atom stereocenters. The lowest BCUT2D eigenvalue weighted by molar-refractivity contribution is -0.903. The highest BCUT2D eigenvalue weighted by Gasteiger charge is 2.14. The zero-order valence-corrected chi connectivity index (χ0v) is 18.0. The topological polar surface area (TPSA) is 0 Å². The van der Waals surface area contributed by atoms with Crippen LogP contribution in [0.3, 0.4) is 0 Å². The fourth-order valence-electron chi connectivity index (χ4n) is 3.54. The Labute approximate surface area is 164 Å². The number of hydrogen-bond donors (Lipinski definition) is 0. The Balaban J connectivity index is 0.00000576. The van der Waals surface area contributed by atoms with Crippen molar-refractivity contribution in [3.8, 4) is 0 Å². The minimum absolute atomic E-state index is 0. The van der Waals surface area contributed by atoms with Gasteiger partial charge in [0.15, 0.2) is 0 Å². The molecular formula is C23H43ClN+. The molecule has 1 aromatic rings. The first kappa shape index (κ1) is 24.5. The molecule has 0 saturated heterocycles. The fourth-order valence-corrected chi connectivity index (χ4v) is 3.54. The molecule has 0 saturated carbocycles. The second-order valence-corrected chi connectivity index (χ2v) is 8.19. The maximum absolute atomic E-state index is 2.37. The normalized spacial score (nSPS) is 11.3. The molecule has 0 N–H and O–H groups in total. The van der Waals surface area contributed by atoms with E-state index in [0.717, 1.165) is 11.0 Å². The van der Waals surface area contributed by atoms with Gasteiger partial charge < -0.3 is 4.48 Å². The molecule has 1 nitrogen and oxygen atoms in total. The van der Waals surface area contributed by atoms with E-state index in [1.165, 1.54) is 89.2 Å². The van der Waals surface area contributed by atoms with E-state index in [1.807, 2.05) is 0 Å². The zero-order chi connectivity index (χ0) is 17.5. The number of quaternary nitrogens is 1. The van der Waals surface area contributed by atoms with Crippen LogP contribution in [-0.2, 0) is 6.54 Å². The summed E-state index contributed by atoms with van der Waals surface area (Å²) in [6.45, 7) is 4.74. The molecule has 0 heterocycles. The van der Waals surface area contributed by atoms with E-state index in [9.17, 15) is 0 Å². The lowest BCUT2D eigenvalue weighted by Gasteiger charge is -2.30. The summed E-state index contributed by atoms with van der Waals surface area (Å²) in [5.41, 5.74) is 1.46. The molecule has 0 aliphatic carbocycles. The number of halogens is 1. The Morgan fingerprint density at radius 3 is 1.56 bits per heavy atom. The summed E-state index contributed by atoms with van der Waals surface area (Å²) in [7, 11) is 4.73. The Morgan fingerprint density at radius 1 is 0.640 bits per heavy atom. The first-order valence-corrected chi connectivity index (χ1v) is 10.5. The Kier molecular flexibility index (Phi) is 15.4. The maximum atomic E-state index is 2.37. The standard InChI is InChI=1S/C23H42N.ClH/c1-4-5-6-7-8-9-10-11-12-13-14-18-21-24(2,3)22-23-19-16-15-17-20-23;/h15-17,19-20H,4-14,18,21-22H2,1-3H3;1H/q+1;. The van der Waals surface area contributed by atoms with E-state index >= 15 is 0 Å². The molecule has 0 amide bonds. The second-order valence-electron chi connectivity index (χ2n) is 8.19. The molecular weight excluding hydrogens is 326 g/mol. The van der Waals surface area contributed by atoms with Gasteiger partial charge in [0.1, 0.15) is 6.54 Å². The Hall–Kier alpha value is -0.530. The molecule has 0 spiro atoms. The lowest BCUT2D eigenvalue weighted by Crippen LogP contribution is -2.39. The predicted molar refractivity (Wildman–Crippen MR) is 115 cm³/mol. The molecule has 146 valence electrons. The number of nitrogens with zero attached hydrogens (tertiary/aromatic N) is 1. The molecule has 2 heteroatoms. The summed E-state index contributed by atoms with van der Waals surface area (Å²) < 4.78 is 1.11. The van der Waals surface area contributed by atoms with E-state index in [1.54, 1.807) is 0 Å². The lowest BCUT2D eigenvalue weighted by atomic mass is 10.1. The zero-order valence-electron chi connectivity index (χ0n) is 17.1. The van der Waals surface area contributed by atoms with Crippen molar-refractivity contribution in [2.75, 3.05) is 20.6 Å². The Morgan fingerprint density at radius 2 is 1.08 bits per heavy atom. The molecule has 25 heavy (non-hydrogen) atoms. The number of rotatable bonds is 15. The summed E-state index contributed by atoms with van der Waals surface area (Å²) in [4.78, 5) is 0. The number of benzene rings is 1. The first-order valence-electron chi connectivity index (χ1n) is 10.5. The van der Waals surface area contributed by atoms with Gasteiger partial charge in [-0.3, -0.25) is 0 Å². The monoisotopic (exact) mass is 368 g/mol. The summed E-state index contributed by atoms with van der Waals surface area (Å²) in [6, 6.07) is 10.9. The van der Waals surface area contributed by atoms with Gasteiger partial charge in [0.05, 0.1) is 20.6 Å². The summed E-state index contributed by atoms with van der Waals surface area (Å²) in [5.74, 6) is 0. The van der Waals surface area contributed by atoms with Gasteiger partial charge in [-0.1, -0.05) is 101 Å². The van der Waals surface area contributed by atoms with Gasteiger partial charge in [-0.25, -0.2) is 0 Å². The third-order valence-electron chi connectivity index (χ3n) is 5.07. The van der Waals surface area contributed by atoms with Gasteiger partial charge in [0.25, 0.3) is 0 Å². The highest BCUT2D eigenvalue weighted by atomic mass is 35.5. The van der Waals surface area contributed by atoms with Crippen molar-refractivity contribution >= 4 is 12.4 Å². The minimum atomic E-state index is 0. The highest BCUT2D eigenvalue weighted by Crippen LogP contribution is 2.14. The number of unbranched alkanes of at least 4 members (excludes halogenated alkanes) is 11. The molecule has 0 aromatic heterocycles. The average molecular weight is 369 g/mol. The molecule has 0 aliphatic heterocycles. The van der Waals surface area contributed by atoms with E-state index in [-0.39, 0.29) is 12.4 Å². The van der Waals surface area contributed by atoms with Crippen molar-refractivity contribution in [2.24, 2.45) is 0 Å². The van der Waals surface area contributed by atoms with Crippen LogP contribution in [-0.4, -0.2) is 25.1 Å². The van der Waals surface area contributed by atoms with Crippen LogP contribution < -0.4 is 0 Å². The van der Waals surface area contributed by atoms with Gasteiger partial charge in [-0.2, -0.15) is 0 Å². The minimum Gasteiger partial charge on any atom is -0.325 e. The van der Waals surface area contributed by atoms with E-state index < -0.39 is 0 Å². The van der Waals surface area contributed by atoms with Gasteiger partial charge >= 0.3 is 0 Å². The fraction of sp³-hybridized carbons (Fsp3) is 0.739. The quantitative estimate of drug-likeness (QED) is 0.223. The van der Waals surface area contributed by atoms with Crippen molar-refractivity contribution < 1.29 is 4.48 Å². The van der Waals surface area contributed by atoms with Crippen molar-refractivity contribution in [1.82, 2.24) is 0 Å². The van der Waals surface area contributed by atoms with E-state index in [4.69, 9.17) is 0 Å². The largest absolute Gasteiger partial charge is 0.325 e. The molecule has 1 aromatic carbocycles. The van der Waals surface area contributed by atoms with Gasteiger partial charge in [0, 0.05) is 5.56 Å². The van der Waals surface area contributed by atoms with E-state index in [0.29, 0.717) is 0 Å². The predicted octanol–water partition coefficient (Wildman–Crippen LogP) is 7.39. The summed E-state index contributed by atoms with van der Waals surface area (Å²) in [5, 5.41) is 0. The molecule has 0 aliphatic rings. The van der Waals surface area contributed by atoms with Crippen LogP contribution in [0.5, 0.6) is 0 Å². The molecule has 0 radical (unpaired) electrons. The van der Waals surface area contributed by atoms with Crippen molar-refractivity contribution in [2.45, 2.75) is 90.5 Å². The van der Waals surface area contributed by atoms with Gasteiger partial charge in [0.2, 0.25) is 0 Å². The van der Waals surface area contributed by atoms with Crippen LogP contribution in [0.2, 0.25) is 0 Å². The van der Waals surface area contributed by atoms with Crippen LogP contribution in [0.15, 0.2) is 30.3 Å². The third kappa shape index (κ3) is 14.3. The molecule has 1 rings (SSSR count). The van der Waals surface area contributed by atoms with Crippen LogP contribution >= 0.6 is 12.4 Å².